The highest BCUT2D eigenvalue weighted by atomic mass is 32.2. The van der Waals surface area contributed by atoms with Gasteiger partial charge in [-0.15, -0.1) is 0 Å². The maximum Gasteiger partial charge on any atom is 0.500 e. The number of nitrogens with one attached hydrogen (secondary N) is 1. The molecule has 0 aromatic heterocycles. The summed E-state index contributed by atoms with van der Waals surface area (Å²) < 4.78 is 49.8. The van der Waals surface area contributed by atoms with Gasteiger partial charge in [-0.25, -0.2) is 13.2 Å². The number of aromatic hydroxyl groups is 1. The Morgan fingerprint density at radius 3 is 2.04 bits per heavy atom. The third-order valence-corrected chi connectivity index (χ3v) is 14.4. The lowest BCUT2D eigenvalue weighted by Gasteiger charge is -2.47. The molecule has 0 saturated heterocycles. The topological polar surface area (TPSA) is 130 Å². The van der Waals surface area contributed by atoms with Gasteiger partial charge in [-0.2, -0.15) is 0 Å². The molecular weight excluding hydrogens is 725 g/mol. The molecule has 4 aromatic carbocycles. The SMILES string of the molecule is CCO[Si](CCCNC(=O)N(C)CCCN1c2cccc3c2C2c4c(cccc4N(c4cc(S(C)(=O)=O)ccc4O)c4cccc1c42)O3)(OCC)OCC. The summed E-state index contributed by atoms with van der Waals surface area (Å²) >= 11 is 0. The summed E-state index contributed by atoms with van der Waals surface area (Å²) in [5.41, 5.74) is 7.12. The third-order valence-electron chi connectivity index (χ3n) is 10.2. The van der Waals surface area contributed by atoms with Gasteiger partial charge in [0.2, 0.25) is 0 Å². The van der Waals surface area contributed by atoms with Gasteiger partial charge in [-0.3, -0.25) is 0 Å². The number of urea groups is 1. The second-order valence-corrected chi connectivity index (χ2v) is 18.4. The molecule has 54 heavy (non-hydrogen) atoms. The first-order valence-electron chi connectivity index (χ1n) is 18.6. The molecule has 0 aliphatic carbocycles. The molecule has 0 spiro atoms. The lowest BCUT2D eigenvalue weighted by Crippen LogP contribution is -2.46. The fourth-order valence-corrected chi connectivity index (χ4v) is 11.2. The van der Waals surface area contributed by atoms with E-state index in [1.54, 1.807) is 11.9 Å². The zero-order valence-electron chi connectivity index (χ0n) is 31.4. The molecule has 0 radical (unpaired) electrons. The first-order chi connectivity index (χ1) is 26.0. The smallest absolute Gasteiger partial charge is 0.500 e. The number of benzene rings is 4. The molecule has 3 heterocycles. The van der Waals surface area contributed by atoms with Crippen LogP contribution in [0.1, 0.15) is 56.2 Å². The number of amides is 2. The van der Waals surface area contributed by atoms with Gasteiger partial charge < -0.3 is 43.1 Å². The van der Waals surface area contributed by atoms with E-state index in [1.165, 1.54) is 18.2 Å². The molecule has 7 rings (SSSR count). The standard InChI is InChI=1S/C40H48N4O8SSi/c1-6-49-54(50-7-2,51-8-3)25-12-22-41-40(46)42(4)23-13-24-43-28-14-9-16-30-36(28)39-37-29(43)15-10-18-34(37)52-35-19-11-17-31(38(35)39)44(30)32-26-27(53(5,47)48)20-21-33(32)45/h9-11,14-21,26,39,45H,6-8,12-13,22-25H2,1-5H3,(H,41,46). The van der Waals surface area contributed by atoms with Gasteiger partial charge >= 0.3 is 14.8 Å². The fraction of sp³-hybridized carbons (Fsp3) is 0.375. The average Bonchev–Trinajstić information content (AvgIpc) is 3.14. The van der Waals surface area contributed by atoms with E-state index >= 15 is 0 Å². The number of hydrogen-bond donors (Lipinski definition) is 2. The number of ether oxygens (including phenoxy) is 1. The van der Waals surface area contributed by atoms with Crippen LogP contribution in [0.3, 0.4) is 0 Å². The lowest BCUT2D eigenvalue weighted by molar-refractivity contribution is 0.0708. The maximum atomic E-state index is 13.1. The van der Waals surface area contributed by atoms with Gasteiger partial charge in [0.1, 0.15) is 17.2 Å². The van der Waals surface area contributed by atoms with Crippen LogP contribution in [0, 0.1) is 0 Å². The van der Waals surface area contributed by atoms with Gasteiger partial charge in [0.25, 0.3) is 0 Å². The van der Waals surface area contributed by atoms with Crippen molar-refractivity contribution in [2.75, 3.05) is 62.6 Å². The van der Waals surface area contributed by atoms with Gasteiger partial charge in [0, 0.05) is 92.8 Å². The number of phenolic OH excluding ortho intramolecular Hbond substituents is 1. The lowest BCUT2D eigenvalue weighted by atomic mass is 9.74. The highest BCUT2D eigenvalue weighted by Crippen LogP contribution is 2.65. The van der Waals surface area contributed by atoms with E-state index < -0.39 is 18.6 Å². The molecule has 3 aliphatic rings. The summed E-state index contributed by atoms with van der Waals surface area (Å²) in [5, 5.41) is 14.3. The van der Waals surface area contributed by atoms with Crippen molar-refractivity contribution in [3.05, 3.63) is 89.5 Å². The highest BCUT2D eigenvalue weighted by molar-refractivity contribution is 7.90. The maximum absolute atomic E-state index is 13.1. The monoisotopic (exact) mass is 772 g/mol. The van der Waals surface area contributed by atoms with Crippen molar-refractivity contribution in [1.29, 1.82) is 0 Å². The Balaban J connectivity index is 1.14. The van der Waals surface area contributed by atoms with Gasteiger partial charge in [-0.05, 0) is 88.2 Å². The first kappa shape index (κ1) is 37.7. The van der Waals surface area contributed by atoms with Crippen LogP contribution in [0.4, 0.5) is 33.2 Å². The molecule has 14 heteroatoms. The van der Waals surface area contributed by atoms with E-state index in [2.05, 4.69) is 22.3 Å². The van der Waals surface area contributed by atoms with Crippen LogP contribution in [-0.2, 0) is 23.1 Å². The number of carbonyl (C=O) groups is 1. The zero-order valence-corrected chi connectivity index (χ0v) is 33.2. The van der Waals surface area contributed by atoms with Crippen LogP contribution < -0.4 is 19.9 Å². The molecule has 0 bridgehead atoms. The molecule has 12 nitrogen and oxygen atoms in total. The summed E-state index contributed by atoms with van der Waals surface area (Å²) in [6.07, 6.45) is 2.52. The number of nitrogens with zero attached hydrogens (tertiary/aromatic N) is 3. The number of carbonyl (C=O) groups excluding carboxylic acids is 1. The minimum Gasteiger partial charge on any atom is -0.506 e. The van der Waals surface area contributed by atoms with Crippen LogP contribution in [-0.4, -0.2) is 86.0 Å². The molecule has 286 valence electrons. The molecule has 0 saturated carbocycles. The molecule has 2 N–H and O–H groups in total. The van der Waals surface area contributed by atoms with Gasteiger partial charge in [0.05, 0.1) is 22.0 Å². The first-order valence-corrected chi connectivity index (χ1v) is 22.4. The van der Waals surface area contributed by atoms with Crippen molar-refractivity contribution in [2.24, 2.45) is 0 Å². The van der Waals surface area contributed by atoms with E-state index in [1.807, 2.05) is 68.1 Å². The number of sulfone groups is 1. The van der Waals surface area contributed by atoms with Crippen molar-refractivity contribution in [3.8, 4) is 17.2 Å². The van der Waals surface area contributed by atoms with E-state index in [9.17, 15) is 18.3 Å². The van der Waals surface area contributed by atoms with Crippen molar-refractivity contribution >= 4 is 53.1 Å². The Morgan fingerprint density at radius 1 is 0.833 bits per heavy atom. The second kappa shape index (κ2) is 15.3. The van der Waals surface area contributed by atoms with E-state index in [0.29, 0.717) is 69.8 Å². The van der Waals surface area contributed by atoms with E-state index in [0.717, 1.165) is 51.4 Å². The molecule has 0 fully saturated rings. The van der Waals surface area contributed by atoms with Gasteiger partial charge in [0.15, 0.2) is 9.84 Å². The molecule has 3 aliphatic heterocycles. The van der Waals surface area contributed by atoms with Crippen molar-refractivity contribution < 1.29 is 36.3 Å². The normalized spacial score (nSPS) is 15.1. The summed E-state index contributed by atoms with van der Waals surface area (Å²) in [6, 6.07) is 23.0. The van der Waals surface area contributed by atoms with Crippen LogP contribution in [0.2, 0.25) is 6.04 Å². The number of rotatable bonds is 16. The summed E-state index contributed by atoms with van der Waals surface area (Å²) in [4.78, 5) is 19.2. The van der Waals surface area contributed by atoms with Crippen LogP contribution in [0.15, 0.2) is 77.7 Å². The second-order valence-electron chi connectivity index (χ2n) is 13.6. The summed E-state index contributed by atoms with van der Waals surface area (Å²) in [7, 11) is -4.53. The van der Waals surface area contributed by atoms with Crippen LogP contribution in [0.5, 0.6) is 17.2 Å². The number of phenols is 1. The fourth-order valence-electron chi connectivity index (χ4n) is 7.95. The molecule has 2 amide bonds. The van der Waals surface area contributed by atoms with Crippen LogP contribution in [0.25, 0.3) is 0 Å². The number of anilines is 5. The molecular formula is C40H48N4O8SSi. The quantitative estimate of drug-likeness (QED) is 0.0743. The van der Waals surface area contributed by atoms with Crippen molar-refractivity contribution in [1.82, 2.24) is 10.2 Å². The third kappa shape index (κ3) is 6.81. The zero-order chi connectivity index (χ0) is 38.2. The van der Waals surface area contributed by atoms with Crippen molar-refractivity contribution in [3.63, 3.8) is 0 Å². The Labute approximate surface area is 318 Å². The average molecular weight is 773 g/mol. The predicted molar refractivity (Wildman–Crippen MR) is 211 cm³/mol. The number of hydrogen-bond acceptors (Lipinski definition) is 10. The van der Waals surface area contributed by atoms with Crippen LogP contribution >= 0.6 is 0 Å². The molecule has 1 unspecified atom stereocenters. The largest absolute Gasteiger partial charge is 0.506 e. The highest BCUT2D eigenvalue weighted by Gasteiger charge is 2.46. The minimum atomic E-state index is -3.56. The minimum absolute atomic E-state index is 0.0397. The predicted octanol–water partition coefficient (Wildman–Crippen LogP) is 7.79. The van der Waals surface area contributed by atoms with E-state index in [4.69, 9.17) is 18.0 Å². The summed E-state index contributed by atoms with van der Waals surface area (Å²) in [6.45, 7) is 8.96. The summed E-state index contributed by atoms with van der Waals surface area (Å²) in [5.74, 6) is 1.32. The van der Waals surface area contributed by atoms with Crippen molar-refractivity contribution in [2.45, 2.75) is 50.5 Å². The Hall–Kier alpha value is -4.60. The van der Waals surface area contributed by atoms with Gasteiger partial charge in [-0.1, -0.05) is 18.2 Å². The Morgan fingerprint density at radius 2 is 1.41 bits per heavy atom. The van der Waals surface area contributed by atoms with E-state index in [-0.39, 0.29) is 22.6 Å². The Kier molecular flexibility index (Phi) is 10.7. The molecule has 1 atom stereocenters. The molecule has 4 aromatic rings. The Bertz CT molecular complexity index is 2150.